The molecular weight excluding hydrogens is 230 g/mol. The lowest BCUT2D eigenvalue weighted by atomic mass is 10.0. The fourth-order valence-corrected chi connectivity index (χ4v) is 1.99. The molecule has 1 aliphatic heterocycles. The number of rotatable bonds is 6. The van der Waals surface area contributed by atoms with Gasteiger partial charge in [-0.3, -0.25) is 4.79 Å². The lowest BCUT2D eigenvalue weighted by Crippen LogP contribution is -2.44. The predicted molar refractivity (Wildman–Crippen MR) is 62.7 cm³/mol. The second kappa shape index (κ2) is 6.42. The first-order valence-corrected chi connectivity index (χ1v) is 6.07. The molecule has 1 N–H and O–H groups in total. The van der Waals surface area contributed by atoms with Gasteiger partial charge in [0.05, 0.1) is 12.0 Å². The van der Waals surface area contributed by atoms with Crippen LogP contribution in [0.25, 0.3) is 0 Å². The summed E-state index contributed by atoms with van der Waals surface area (Å²) in [7, 11) is 1.61. The van der Waals surface area contributed by atoms with Crippen molar-refractivity contribution in [1.82, 2.24) is 5.32 Å². The van der Waals surface area contributed by atoms with Crippen molar-refractivity contribution in [3.8, 4) is 0 Å². The first-order chi connectivity index (χ1) is 7.58. The van der Waals surface area contributed by atoms with E-state index in [2.05, 4.69) is 5.32 Å². The zero-order valence-electron chi connectivity index (χ0n) is 9.92. The van der Waals surface area contributed by atoms with E-state index in [9.17, 15) is 4.79 Å². The number of amides is 1. The number of hydrogen-bond donors (Lipinski definition) is 1. The summed E-state index contributed by atoms with van der Waals surface area (Å²) in [6.45, 7) is 3.58. The molecule has 0 saturated carbocycles. The molecule has 1 fully saturated rings. The summed E-state index contributed by atoms with van der Waals surface area (Å²) in [6.07, 6.45) is 2.45. The molecule has 1 saturated heterocycles. The van der Waals surface area contributed by atoms with Gasteiger partial charge in [-0.1, -0.05) is 0 Å². The molecule has 94 valence electrons. The summed E-state index contributed by atoms with van der Waals surface area (Å²) in [4.78, 5) is 11.8. The lowest BCUT2D eigenvalue weighted by Gasteiger charge is -2.22. The minimum atomic E-state index is -0.636. The highest BCUT2D eigenvalue weighted by Crippen LogP contribution is 2.24. The van der Waals surface area contributed by atoms with Crippen LogP contribution in [0.15, 0.2) is 0 Å². The Morgan fingerprint density at radius 3 is 3.00 bits per heavy atom. The van der Waals surface area contributed by atoms with Crippen LogP contribution in [0.4, 0.5) is 0 Å². The van der Waals surface area contributed by atoms with Gasteiger partial charge in [0.15, 0.2) is 0 Å². The van der Waals surface area contributed by atoms with Crippen LogP contribution in [0.1, 0.15) is 26.2 Å². The molecule has 1 aliphatic rings. The van der Waals surface area contributed by atoms with E-state index < -0.39 is 5.60 Å². The number of ether oxygens (including phenoxy) is 2. The Balaban J connectivity index is 2.19. The fraction of sp³-hybridized carbons (Fsp3) is 0.909. The zero-order valence-corrected chi connectivity index (χ0v) is 10.7. The van der Waals surface area contributed by atoms with Crippen molar-refractivity contribution < 1.29 is 14.3 Å². The Morgan fingerprint density at radius 1 is 1.69 bits per heavy atom. The van der Waals surface area contributed by atoms with E-state index in [1.807, 2.05) is 6.92 Å². The highest BCUT2D eigenvalue weighted by Gasteiger charge is 2.37. The molecule has 16 heavy (non-hydrogen) atoms. The maximum Gasteiger partial charge on any atom is 0.251 e. The Hall–Kier alpha value is -0.320. The van der Waals surface area contributed by atoms with Crippen LogP contribution in [-0.2, 0) is 14.3 Å². The van der Waals surface area contributed by atoms with Crippen LogP contribution in [0.3, 0.4) is 0 Å². The number of nitrogens with one attached hydrogen (secondary N) is 1. The van der Waals surface area contributed by atoms with Crippen LogP contribution < -0.4 is 5.32 Å². The number of carbonyl (C=O) groups excluding carboxylic acids is 1. The fourth-order valence-electron chi connectivity index (χ4n) is 1.75. The van der Waals surface area contributed by atoms with Crippen LogP contribution in [0, 0.1) is 0 Å². The molecule has 0 aromatic heterocycles. The monoisotopic (exact) mass is 249 g/mol. The summed E-state index contributed by atoms with van der Waals surface area (Å²) in [5, 5.41) is 2.80. The smallest absolute Gasteiger partial charge is 0.251 e. The van der Waals surface area contributed by atoms with Gasteiger partial charge >= 0.3 is 0 Å². The molecule has 2 unspecified atom stereocenters. The first-order valence-electron chi connectivity index (χ1n) is 5.64. The van der Waals surface area contributed by atoms with E-state index >= 15 is 0 Å². The summed E-state index contributed by atoms with van der Waals surface area (Å²) in [5.74, 6) is -0.0358. The normalized spacial score (nSPS) is 26.7. The van der Waals surface area contributed by atoms with Gasteiger partial charge in [-0.2, -0.15) is 0 Å². The van der Waals surface area contributed by atoms with E-state index in [1.165, 1.54) is 0 Å². The van der Waals surface area contributed by atoms with Crippen molar-refractivity contribution >= 4 is 17.5 Å². The maximum atomic E-state index is 11.8. The number of carbonyl (C=O) groups is 1. The molecule has 0 bridgehead atoms. The largest absolute Gasteiger partial charge is 0.383 e. The topological polar surface area (TPSA) is 47.6 Å². The van der Waals surface area contributed by atoms with Crippen molar-refractivity contribution in [1.29, 1.82) is 0 Å². The minimum Gasteiger partial charge on any atom is -0.383 e. The number of hydrogen-bond acceptors (Lipinski definition) is 3. The van der Waals surface area contributed by atoms with E-state index in [0.717, 1.165) is 12.8 Å². The van der Waals surface area contributed by atoms with E-state index in [0.29, 0.717) is 26.2 Å². The number of alkyl halides is 1. The highest BCUT2D eigenvalue weighted by molar-refractivity contribution is 6.20. The molecule has 1 amide bonds. The van der Waals surface area contributed by atoms with Crippen molar-refractivity contribution in [2.75, 3.05) is 26.9 Å². The highest BCUT2D eigenvalue weighted by atomic mass is 35.5. The van der Waals surface area contributed by atoms with Crippen molar-refractivity contribution in [2.45, 2.75) is 37.2 Å². The molecule has 5 heteroatoms. The van der Waals surface area contributed by atoms with E-state index in [1.54, 1.807) is 7.11 Å². The van der Waals surface area contributed by atoms with Gasteiger partial charge < -0.3 is 14.8 Å². The summed E-state index contributed by atoms with van der Waals surface area (Å²) < 4.78 is 10.3. The van der Waals surface area contributed by atoms with Crippen LogP contribution in [-0.4, -0.2) is 43.8 Å². The van der Waals surface area contributed by atoms with Crippen LogP contribution in [0.2, 0.25) is 0 Å². The molecule has 2 atom stereocenters. The van der Waals surface area contributed by atoms with E-state index in [4.69, 9.17) is 21.1 Å². The second-order valence-electron chi connectivity index (χ2n) is 4.28. The Bertz CT molecular complexity index is 229. The number of halogens is 1. The summed E-state index contributed by atoms with van der Waals surface area (Å²) in [5.41, 5.74) is -0.636. The SMILES string of the molecule is COCC(Cl)CCNC(=O)C1(C)CCCO1. The predicted octanol–water partition coefficient (Wildman–Crippen LogP) is 1.32. The number of methoxy groups -OCH3 is 1. The van der Waals surface area contributed by atoms with Gasteiger partial charge in [0, 0.05) is 20.3 Å². The first kappa shape index (κ1) is 13.7. The van der Waals surface area contributed by atoms with Crippen LogP contribution >= 0.6 is 11.6 Å². The molecule has 1 heterocycles. The molecule has 0 aromatic carbocycles. The standard InChI is InChI=1S/C11H20ClNO3/c1-11(5-3-7-16-11)10(14)13-6-4-9(12)8-15-2/h9H,3-8H2,1-2H3,(H,13,14). The molecular formula is C11H20ClNO3. The van der Waals surface area contributed by atoms with Gasteiger partial charge in [0.1, 0.15) is 5.60 Å². The van der Waals surface area contributed by atoms with Crippen molar-refractivity contribution in [3.05, 3.63) is 0 Å². The van der Waals surface area contributed by atoms with Gasteiger partial charge in [0.2, 0.25) is 0 Å². The Labute approximate surface area is 102 Å². The molecule has 0 spiro atoms. The molecule has 0 radical (unpaired) electrons. The van der Waals surface area contributed by atoms with E-state index in [-0.39, 0.29) is 11.3 Å². The van der Waals surface area contributed by atoms with Gasteiger partial charge in [0.25, 0.3) is 5.91 Å². The van der Waals surface area contributed by atoms with Gasteiger partial charge in [-0.15, -0.1) is 11.6 Å². The third-order valence-corrected chi connectivity index (χ3v) is 3.13. The zero-order chi connectivity index (χ0) is 12.0. The Morgan fingerprint density at radius 2 is 2.44 bits per heavy atom. The molecule has 4 nitrogen and oxygen atoms in total. The van der Waals surface area contributed by atoms with Gasteiger partial charge in [-0.25, -0.2) is 0 Å². The van der Waals surface area contributed by atoms with Crippen LogP contribution in [0.5, 0.6) is 0 Å². The average molecular weight is 250 g/mol. The minimum absolute atomic E-state index is 0.0358. The van der Waals surface area contributed by atoms with Crippen molar-refractivity contribution in [2.24, 2.45) is 0 Å². The van der Waals surface area contributed by atoms with Crippen molar-refractivity contribution in [3.63, 3.8) is 0 Å². The van der Waals surface area contributed by atoms with Gasteiger partial charge in [-0.05, 0) is 26.2 Å². The summed E-state index contributed by atoms with van der Waals surface area (Å²) >= 11 is 5.95. The maximum absolute atomic E-state index is 11.8. The molecule has 0 aromatic rings. The lowest BCUT2D eigenvalue weighted by molar-refractivity contribution is -0.139. The average Bonchev–Trinajstić information content (AvgIpc) is 2.67. The third kappa shape index (κ3) is 3.92. The Kier molecular flexibility index (Phi) is 5.52. The molecule has 0 aliphatic carbocycles. The second-order valence-corrected chi connectivity index (χ2v) is 4.90. The summed E-state index contributed by atoms with van der Waals surface area (Å²) in [6, 6.07) is 0. The quantitative estimate of drug-likeness (QED) is 0.723. The third-order valence-electron chi connectivity index (χ3n) is 2.79. The molecule has 1 rings (SSSR count).